The lowest BCUT2D eigenvalue weighted by Gasteiger charge is -2.10. The van der Waals surface area contributed by atoms with Crippen molar-refractivity contribution in [2.75, 3.05) is 13.2 Å². The molecule has 4 aromatic rings. The van der Waals surface area contributed by atoms with Crippen LogP contribution in [-0.4, -0.2) is 50.1 Å². The number of nitro groups is 1. The van der Waals surface area contributed by atoms with Crippen molar-refractivity contribution in [1.82, 2.24) is 25.3 Å². The van der Waals surface area contributed by atoms with Crippen molar-refractivity contribution < 1.29 is 28.7 Å². The van der Waals surface area contributed by atoms with E-state index in [2.05, 4.69) is 41.2 Å². The highest BCUT2D eigenvalue weighted by atomic mass is 79.9. The Morgan fingerprint density at radius 3 is 2.51 bits per heavy atom. The van der Waals surface area contributed by atoms with E-state index in [0.717, 1.165) is 10.0 Å². The van der Waals surface area contributed by atoms with Crippen LogP contribution in [0.1, 0.15) is 35.6 Å². The average Bonchev–Trinajstić information content (AvgIpc) is 3.39. The highest BCUT2D eigenvalue weighted by Crippen LogP contribution is 2.33. The topological polar surface area (TPSA) is 171 Å². The summed E-state index contributed by atoms with van der Waals surface area (Å²) < 4.78 is 16.6. The first kappa shape index (κ1) is 27.4. The maximum absolute atomic E-state index is 12.4. The Balaban J connectivity index is 1.55. The molecule has 2 N–H and O–H groups in total. The molecule has 4 rings (SSSR count). The number of imidazole rings is 1. The number of fused-ring (bicyclic) bond motifs is 1. The number of carbonyl (C=O) groups excluding carboxylic acids is 2. The highest BCUT2D eigenvalue weighted by Gasteiger charge is 2.24. The molecule has 0 fully saturated rings. The number of aromatic amines is 1. The molecule has 202 valence electrons. The minimum atomic E-state index is -0.730. The molecule has 13 nitrogen and oxygen atoms in total. The van der Waals surface area contributed by atoms with Gasteiger partial charge < -0.3 is 24.5 Å². The van der Waals surface area contributed by atoms with Gasteiger partial charge in [-0.05, 0) is 37.6 Å². The zero-order valence-electron chi connectivity index (χ0n) is 20.9. The number of rotatable bonds is 10. The van der Waals surface area contributed by atoms with Crippen LogP contribution in [0.15, 0.2) is 47.1 Å². The van der Waals surface area contributed by atoms with Gasteiger partial charge in [-0.25, -0.2) is 24.5 Å². The van der Waals surface area contributed by atoms with Crippen molar-refractivity contribution in [3.8, 4) is 17.3 Å². The van der Waals surface area contributed by atoms with Gasteiger partial charge in [-0.15, -0.1) is 0 Å². The Hall–Kier alpha value is -4.59. The first-order valence-corrected chi connectivity index (χ1v) is 12.6. The van der Waals surface area contributed by atoms with E-state index in [4.69, 9.17) is 14.2 Å². The summed E-state index contributed by atoms with van der Waals surface area (Å²) in [5.74, 6) is -0.668. The summed E-state index contributed by atoms with van der Waals surface area (Å²) in [4.78, 5) is 51.5. The van der Waals surface area contributed by atoms with E-state index in [1.54, 1.807) is 13.8 Å². The van der Waals surface area contributed by atoms with Crippen LogP contribution in [0.2, 0.25) is 0 Å². The van der Waals surface area contributed by atoms with Crippen LogP contribution in [0.4, 0.5) is 10.5 Å². The van der Waals surface area contributed by atoms with Gasteiger partial charge in [0.25, 0.3) is 5.69 Å². The van der Waals surface area contributed by atoms with Crippen molar-refractivity contribution >= 4 is 44.7 Å². The number of carbonyl (C=O) groups is 2. The lowest BCUT2D eigenvalue weighted by Crippen LogP contribution is -2.23. The SMILES string of the molecule is CCOC(=O)c1nc2cc(-c3ncc(COC(=O)NCc4ccc(Br)cc4)[nH]3)c([N+](=O)[O-])cc2nc1OCC. The molecule has 0 aliphatic rings. The van der Waals surface area contributed by atoms with E-state index in [9.17, 15) is 19.7 Å². The number of halogens is 1. The second-order valence-corrected chi connectivity index (χ2v) is 8.87. The number of alkyl carbamates (subject to hydrolysis) is 1. The summed E-state index contributed by atoms with van der Waals surface area (Å²) in [6, 6.07) is 10.1. The van der Waals surface area contributed by atoms with Gasteiger partial charge in [0.15, 0.2) is 0 Å². The number of amides is 1. The summed E-state index contributed by atoms with van der Waals surface area (Å²) in [5, 5.41) is 14.5. The second-order valence-electron chi connectivity index (χ2n) is 7.96. The Bertz CT molecular complexity index is 1520. The van der Waals surface area contributed by atoms with E-state index in [1.165, 1.54) is 18.3 Å². The summed E-state index contributed by atoms with van der Waals surface area (Å²) in [6.07, 6.45) is 0.761. The Labute approximate surface area is 230 Å². The molecule has 0 saturated carbocycles. The maximum atomic E-state index is 12.4. The Morgan fingerprint density at radius 1 is 1.08 bits per heavy atom. The fraction of sp³-hybridized carbons (Fsp3) is 0.240. The van der Waals surface area contributed by atoms with E-state index in [0.29, 0.717) is 5.69 Å². The Morgan fingerprint density at radius 2 is 1.82 bits per heavy atom. The van der Waals surface area contributed by atoms with Crippen LogP contribution in [0, 0.1) is 10.1 Å². The third-order valence-corrected chi connectivity index (χ3v) is 5.82. The highest BCUT2D eigenvalue weighted by molar-refractivity contribution is 9.10. The lowest BCUT2D eigenvalue weighted by atomic mass is 10.1. The van der Waals surface area contributed by atoms with Gasteiger partial charge in [0.2, 0.25) is 11.6 Å². The molecule has 0 aliphatic heterocycles. The van der Waals surface area contributed by atoms with E-state index < -0.39 is 17.0 Å². The molecule has 0 atom stereocenters. The molecule has 39 heavy (non-hydrogen) atoms. The van der Waals surface area contributed by atoms with Gasteiger partial charge in [0.05, 0.1) is 46.6 Å². The number of esters is 1. The molecule has 1 amide bonds. The zero-order chi connectivity index (χ0) is 27.9. The van der Waals surface area contributed by atoms with Crippen molar-refractivity contribution in [3.05, 3.63) is 74.1 Å². The van der Waals surface area contributed by atoms with Crippen molar-refractivity contribution in [1.29, 1.82) is 0 Å². The summed E-state index contributed by atoms with van der Waals surface area (Å²) >= 11 is 3.35. The first-order chi connectivity index (χ1) is 18.8. The normalized spacial score (nSPS) is 10.7. The van der Waals surface area contributed by atoms with Gasteiger partial charge >= 0.3 is 12.1 Å². The Kier molecular flexibility index (Phi) is 8.66. The van der Waals surface area contributed by atoms with Gasteiger partial charge in [0.1, 0.15) is 12.4 Å². The number of ether oxygens (including phenoxy) is 3. The fourth-order valence-corrected chi connectivity index (χ4v) is 3.79. The van der Waals surface area contributed by atoms with Crippen LogP contribution < -0.4 is 10.1 Å². The minimum Gasteiger partial charge on any atom is -0.476 e. The average molecular weight is 599 g/mol. The summed E-state index contributed by atoms with van der Waals surface area (Å²) in [7, 11) is 0. The minimum absolute atomic E-state index is 0.0821. The molecule has 0 aliphatic carbocycles. The largest absolute Gasteiger partial charge is 0.476 e. The van der Waals surface area contributed by atoms with Gasteiger partial charge in [0, 0.05) is 17.1 Å². The molecular weight excluding hydrogens is 576 g/mol. The van der Waals surface area contributed by atoms with E-state index in [-0.39, 0.29) is 66.0 Å². The predicted octanol–water partition coefficient (Wildman–Crippen LogP) is 4.69. The number of aromatic nitrogens is 4. The number of nitro benzene ring substituents is 1. The van der Waals surface area contributed by atoms with Gasteiger partial charge in [-0.1, -0.05) is 28.1 Å². The zero-order valence-corrected chi connectivity index (χ0v) is 22.5. The number of nitrogens with zero attached hydrogens (tertiary/aromatic N) is 4. The molecule has 2 aromatic heterocycles. The molecule has 2 aromatic carbocycles. The maximum Gasteiger partial charge on any atom is 0.407 e. The molecule has 0 saturated heterocycles. The van der Waals surface area contributed by atoms with Crippen molar-refractivity contribution in [2.45, 2.75) is 27.0 Å². The monoisotopic (exact) mass is 598 g/mol. The van der Waals surface area contributed by atoms with Crippen LogP contribution >= 0.6 is 15.9 Å². The lowest BCUT2D eigenvalue weighted by molar-refractivity contribution is -0.384. The van der Waals surface area contributed by atoms with Crippen LogP contribution in [0.25, 0.3) is 22.4 Å². The van der Waals surface area contributed by atoms with Gasteiger partial charge in [-0.2, -0.15) is 0 Å². The first-order valence-electron chi connectivity index (χ1n) is 11.8. The molecule has 2 heterocycles. The number of nitrogens with one attached hydrogen (secondary N) is 2. The van der Waals surface area contributed by atoms with Gasteiger partial charge in [-0.3, -0.25) is 10.1 Å². The van der Waals surface area contributed by atoms with Crippen molar-refractivity contribution in [3.63, 3.8) is 0 Å². The molecular formula is C25H23BrN6O7. The molecule has 0 spiro atoms. The van der Waals surface area contributed by atoms with Crippen molar-refractivity contribution in [2.24, 2.45) is 0 Å². The summed E-state index contributed by atoms with van der Waals surface area (Å²) in [6.45, 7) is 3.81. The number of hydrogen-bond donors (Lipinski definition) is 2. The van der Waals surface area contributed by atoms with Crippen LogP contribution in [0.3, 0.4) is 0 Å². The number of H-pyrrole nitrogens is 1. The third kappa shape index (κ3) is 6.65. The second kappa shape index (κ2) is 12.3. The number of hydrogen-bond acceptors (Lipinski definition) is 10. The number of benzene rings is 2. The van der Waals surface area contributed by atoms with Crippen LogP contribution in [-0.2, 0) is 22.6 Å². The summed E-state index contributed by atoms with van der Waals surface area (Å²) in [5.41, 5.74) is 1.31. The predicted molar refractivity (Wildman–Crippen MR) is 142 cm³/mol. The molecule has 0 unspecified atom stereocenters. The van der Waals surface area contributed by atoms with E-state index in [1.807, 2.05) is 24.3 Å². The molecule has 0 radical (unpaired) electrons. The smallest absolute Gasteiger partial charge is 0.407 e. The molecule has 0 bridgehead atoms. The van der Waals surface area contributed by atoms with E-state index >= 15 is 0 Å². The standard InChI is InChI=1S/C25H23BrN6O7/c1-3-37-23-21(24(33)38-4-2)30-18-9-17(20(32(35)36)10-19(18)31-23)22-27-12-16(29-22)13-39-25(34)28-11-14-5-7-15(26)8-6-14/h5-10,12H,3-4,11,13H2,1-2H3,(H,27,29)(H,28,34). The fourth-order valence-electron chi connectivity index (χ4n) is 3.53. The quantitative estimate of drug-likeness (QED) is 0.148. The van der Waals surface area contributed by atoms with Crippen LogP contribution in [0.5, 0.6) is 5.88 Å². The molecule has 14 heteroatoms. The third-order valence-electron chi connectivity index (χ3n) is 5.29.